The van der Waals surface area contributed by atoms with Crippen molar-refractivity contribution in [2.24, 2.45) is 0 Å². The number of urea groups is 1. The number of aryl methyl sites for hydroxylation is 2. The highest BCUT2D eigenvalue weighted by molar-refractivity contribution is 6.04. The quantitative estimate of drug-likeness (QED) is 0.684. The molecule has 1 aromatic heterocycles. The minimum absolute atomic E-state index is 0.0367. The average molecular weight is 435 g/mol. The van der Waals surface area contributed by atoms with E-state index in [-0.39, 0.29) is 18.2 Å². The summed E-state index contributed by atoms with van der Waals surface area (Å²) in [5.41, 5.74) is 5.97. The Balaban J connectivity index is 1.32. The van der Waals surface area contributed by atoms with Crippen molar-refractivity contribution in [3.05, 3.63) is 64.5 Å². The van der Waals surface area contributed by atoms with E-state index in [2.05, 4.69) is 54.0 Å². The van der Waals surface area contributed by atoms with Gasteiger partial charge < -0.3 is 10.2 Å². The molecule has 0 unspecified atom stereocenters. The molecule has 1 aromatic carbocycles. The van der Waals surface area contributed by atoms with Gasteiger partial charge in [-0.25, -0.2) is 4.79 Å². The number of aromatic nitrogens is 1. The van der Waals surface area contributed by atoms with Crippen molar-refractivity contribution in [2.45, 2.75) is 57.9 Å². The summed E-state index contributed by atoms with van der Waals surface area (Å²) in [7, 11) is 0. The van der Waals surface area contributed by atoms with Gasteiger partial charge in [0.15, 0.2) is 0 Å². The van der Waals surface area contributed by atoms with E-state index in [4.69, 9.17) is 4.98 Å². The van der Waals surface area contributed by atoms with Gasteiger partial charge in [-0.3, -0.25) is 19.9 Å². The lowest BCUT2D eigenvalue weighted by Gasteiger charge is -2.32. The van der Waals surface area contributed by atoms with Gasteiger partial charge in [-0.1, -0.05) is 29.8 Å². The van der Waals surface area contributed by atoms with E-state index in [0.29, 0.717) is 25.4 Å². The van der Waals surface area contributed by atoms with Gasteiger partial charge in [0.2, 0.25) is 5.91 Å². The smallest absolute Gasteiger partial charge is 0.322 e. The molecule has 0 saturated carbocycles. The number of imide groups is 1. The predicted molar refractivity (Wildman–Crippen MR) is 121 cm³/mol. The fourth-order valence-corrected chi connectivity index (χ4v) is 4.53. The van der Waals surface area contributed by atoms with Crippen LogP contribution in [0.1, 0.15) is 59.7 Å². The molecule has 4 rings (SSSR count). The summed E-state index contributed by atoms with van der Waals surface area (Å²) in [6.07, 6.45) is 3.24. The number of nitrogens with one attached hydrogen (secondary N) is 2. The summed E-state index contributed by atoms with van der Waals surface area (Å²) in [5, 5.41) is 4.74. The summed E-state index contributed by atoms with van der Waals surface area (Å²) in [6.45, 7) is 5.52. The highest BCUT2D eigenvalue weighted by atomic mass is 16.2. The van der Waals surface area contributed by atoms with Crippen LogP contribution in [0, 0.1) is 13.8 Å². The molecule has 3 heterocycles. The normalized spacial score (nSPS) is 19.1. The molecule has 0 bridgehead atoms. The van der Waals surface area contributed by atoms with Crippen LogP contribution in [-0.4, -0.2) is 46.9 Å². The Morgan fingerprint density at radius 3 is 2.44 bits per heavy atom. The van der Waals surface area contributed by atoms with Crippen molar-refractivity contribution in [2.75, 3.05) is 13.1 Å². The molecule has 168 valence electrons. The molecule has 2 saturated heterocycles. The fraction of sp³-hybridized carbons (Fsp3) is 0.440. The number of hydrogen-bond acceptors (Lipinski definition) is 4. The van der Waals surface area contributed by atoms with E-state index in [1.54, 1.807) is 0 Å². The molecule has 0 spiro atoms. The maximum Gasteiger partial charge on any atom is 0.322 e. The molecule has 2 aliphatic rings. The number of hydrogen-bond donors (Lipinski definition) is 2. The third kappa shape index (κ3) is 5.33. The largest absolute Gasteiger partial charge is 0.343 e. The van der Waals surface area contributed by atoms with Crippen LogP contribution in [0.2, 0.25) is 0 Å². The summed E-state index contributed by atoms with van der Waals surface area (Å²) < 4.78 is 0. The topological polar surface area (TPSA) is 91.4 Å². The van der Waals surface area contributed by atoms with Gasteiger partial charge in [-0.2, -0.15) is 0 Å². The lowest BCUT2D eigenvalue weighted by Crippen LogP contribution is -2.39. The maximum absolute atomic E-state index is 12.6. The molecule has 4 amide bonds. The molecule has 0 radical (unpaired) electrons. The van der Waals surface area contributed by atoms with Crippen molar-refractivity contribution in [3.63, 3.8) is 0 Å². The van der Waals surface area contributed by atoms with Gasteiger partial charge in [0, 0.05) is 36.8 Å². The summed E-state index contributed by atoms with van der Waals surface area (Å²) >= 11 is 0. The van der Waals surface area contributed by atoms with Gasteiger partial charge in [-0.15, -0.1) is 0 Å². The molecule has 0 aliphatic carbocycles. The van der Waals surface area contributed by atoms with Gasteiger partial charge in [-0.05, 0) is 62.8 Å². The van der Waals surface area contributed by atoms with Crippen LogP contribution in [0.25, 0.3) is 0 Å². The van der Waals surface area contributed by atoms with Crippen molar-refractivity contribution in [1.29, 1.82) is 0 Å². The molecule has 2 N–H and O–H groups in total. The number of likely N-dealkylation sites (tertiary alicyclic amines) is 1. The molecular formula is C25H30N4O3. The molecule has 2 fully saturated rings. The van der Waals surface area contributed by atoms with Crippen LogP contribution >= 0.6 is 0 Å². The van der Waals surface area contributed by atoms with Crippen molar-refractivity contribution < 1.29 is 14.4 Å². The van der Waals surface area contributed by atoms with Crippen molar-refractivity contribution in [1.82, 2.24) is 20.5 Å². The van der Waals surface area contributed by atoms with E-state index in [9.17, 15) is 14.4 Å². The number of amides is 4. The Labute approximate surface area is 188 Å². The predicted octanol–water partition coefficient (Wildman–Crippen LogP) is 2.98. The van der Waals surface area contributed by atoms with Crippen LogP contribution in [0.4, 0.5) is 4.79 Å². The minimum Gasteiger partial charge on any atom is -0.343 e. The lowest BCUT2D eigenvalue weighted by molar-refractivity contribution is -0.132. The second kappa shape index (κ2) is 9.51. The zero-order valence-electron chi connectivity index (χ0n) is 18.7. The Bertz CT molecular complexity index is 1010. The minimum atomic E-state index is -0.604. The fourth-order valence-electron chi connectivity index (χ4n) is 4.53. The zero-order valence-corrected chi connectivity index (χ0v) is 18.7. The highest BCUT2D eigenvalue weighted by Gasteiger charge is 2.31. The second-order valence-corrected chi connectivity index (χ2v) is 8.91. The maximum atomic E-state index is 12.6. The van der Waals surface area contributed by atoms with Crippen LogP contribution in [0.5, 0.6) is 0 Å². The van der Waals surface area contributed by atoms with Crippen molar-refractivity contribution in [3.8, 4) is 0 Å². The summed E-state index contributed by atoms with van der Waals surface area (Å²) in [4.78, 5) is 42.1. The first-order valence-corrected chi connectivity index (χ1v) is 11.3. The van der Waals surface area contributed by atoms with Gasteiger partial charge in [0.25, 0.3) is 5.91 Å². The molecular weight excluding hydrogens is 404 g/mol. The van der Waals surface area contributed by atoms with E-state index < -0.39 is 12.1 Å². The van der Waals surface area contributed by atoms with Crippen molar-refractivity contribution >= 4 is 17.8 Å². The average Bonchev–Trinajstić information content (AvgIpc) is 3.10. The highest BCUT2D eigenvalue weighted by Crippen LogP contribution is 2.28. The Kier molecular flexibility index (Phi) is 6.53. The molecule has 32 heavy (non-hydrogen) atoms. The first kappa shape index (κ1) is 22.0. The molecule has 7 nitrogen and oxygen atoms in total. The Morgan fingerprint density at radius 2 is 1.78 bits per heavy atom. The number of carbonyl (C=O) groups is 3. The van der Waals surface area contributed by atoms with Gasteiger partial charge in [0.1, 0.15) is 6.04 Å². The monoisotopic (exact) mass is 434 g/mol. The first-order chi connectivity index (χ1) is 15.4. The van der Waals surface area contributed by atoms with Crippen LogP contribution in [0.15, 0.2) is 36.4 Å². The van der Waals surface area contributed by atoms with E-state index in [1.165, 1.54) is 16.7 Å². The molecule has 2 aliphatic heterocycles. The summed E-state index contributed by atoms with van der Waals surface area (Å²) in [5.74, 6) is 0.0266. The van der Waals surface area contributed by atoms with E-state index >= 15 is 0 Å². The third-order valence-electron chi connectivity index (χ3n) is 6.33. The number of rotatable bonds is 6. The Hall–Kier alpha value is -3.22. The zero-order chi connectivity index (χ0) is 22.7. The Morgan fingerprint density at radius 1 is 1.06 bits per heavy atom. The van der Waals surface area contributed by atoms with Crippen LogP contribution in [0.3, 0.4) is 0 Å². The number of benzene rings is 1. The standard InChI is InChI=1S/C25H30N4O3/c1-16-3-5-18(6-4-16)14-19-13-17(2)26-22(15-19)20-9-11-29(12-10-20)23(30)8-7-21-24(31)28-25(32)27-21/h3-6,13,15,20-21H,7-12,14H2,1-2H3,(H2,27,28,31,32)/t21-/m0/s1. The lowest BCUT2D eigenvalue weighted by atomic mass is 9.91. The molecule has 7 heteroatoms. The SMILES string of the molecule is Cc1ccc(Cc2cc(C)nc(C3CCN(C(=O)CC[C@@H]4NC(=O)NC4=O)CC3)c2)cc1. The number of nitrogens with zero attached hydrogens (tertiary/aromatic N) is 2. The first-order valence-electron chi connectivity index (χ1n) is 11.3. The van der Waals surface area contributed by atoms with E-state index in [0.717, 1.165) is 30.7 Å². The van der Waals surface area contributed by atoms with E-state index in [1.807, 2.05) is 11.8 Å². The molecule has 2 aromatic rings. The summed E-state index contributed by atoms with van der Waals surface area (Å²) in [6, 6.07) is 11.9. The van der Waals surface area contributed by atoms with Crippen LogP contribution in [-0.2, 0) is 16.0 Å². The number of carbonyl (C=O) groups excluding carboxylic acids is 3. The number of piperidine rings is 1. The second-order valence-electron chi connectivity index (χ2n) is 8.91. The number of pyridine rings is 1. The van der Waals surface area contributed by atoms with Crippen LogP contribution < -0.4 is 10.6 Å². The third-order valence-corrected chi connectivity index (χ3v) is 6.33. The molecule has 1 atom stereocenters. The van der Waals surface area contributed by atoms with Gasteiger partial charge in [0.05, 0.1) is 0 Å². The van der Waals surface area contributed by atoms with Gasteiger partial charge >= 0.3 is 6.03 Å².